The van der Waals surface area contributed by atoms with Crippen molar-refractivity contribution in [3.8, 4) is 0 Å². The van der Waals surface area contributed by atoms with Gasteiger partial charge in [-0.2, -0.15) is 0 Å². The van der Waals surface area contributed by atoms with Crippen LogP contribution >= 0.6 is 0 Å². The van der Waals surface area contributed by atoms with Crippen LogP contribution in [0.5, 0.6) is 0 Å². The van der Waals surface area contributed by atoms with E-state index in [1.807, 2.05) is 0 Å². The average Bonchev–Trinajstić information content (AvgIpc) is 2.58. The summed E-state index contributed by atoms with van der Waals surface area (Å²) in [4.78, 5) is 26.9. The van der Waals surface area contributed by atoms with Crippen LogP contribution in [0.4, 0.5) is 0 Å². The topological polar surface area (TPSA) is 122 Å². The van der Waals surface area contributed by atoms with Crippen LogP contribution in [0.3, 0.4) is 0 Å². The predicted molar refractivity (Wildman–Crippen MR) is 99.0 cm³/mol. The van der Waals surface area contributed by atoms with Gasteiger partial charge in [0.05, 0.1) is 11.3 Å². The lowest BCUT2D eigenvalue weighted by molar-refractivity contribution is 0.0952. The molecule has 1 amide bonds. The highest BCUT2D eigenvalue weighted by Gasteiger charge is 2.11. The minimum Gasteiger partial charge on any atom is -0.348 e. The number of carbonyl (C=O) groups is 1. The molecule has 0 aliphatic heterocycles. The van der Waals surface area contributed by atoms with Gasteiger partial charge in [-0.05, 0) is 17.2 Å². The van der Waals surface area contributed by atoms with Crippen molar-refractivity contribution in [1.29, 1.82) is 0 Å². The molecule has 2 aromatic carbocycles. The van der Waals surface area contributed by atoms with E-state index in [2.05, 4.69) is 10.3 Å². The lowest BCUT2D eigenvalue weighted by Gasteiger charge is -2.08. The van der Waals surface area contributed by atoms with Crippen molar-refractivity contribution in [1.82, 2.24) is 10.3 Å². The van der Waals surface area contributed by atoms with Gasteiger partial charge in [-0.25, -0.2) is 13.6 Å². The Morgan fingerprint density at radius 1 is 1.04 bits per heavy atom. The molecule has 3 aromatic rings. The monoisotopic (exact) mass is 371 g/mol. The van der Waals surface area contributed by atoms with Gasteiger partial charge < -0.3 is 10.3 Å². The summed E-state index contributed by atoms with van der Waals surface area (Å²) in [7, 11) is -3.58. The number of amides is 1. The molecule has 0 spiro atoms. The number of nitrogens with two attached hydrogens (primary N) is 1. The van der Waals surface area contributed by atoms with Gasteiger partial charge in [-0.15, -0.1) is 0 Å². The number of sulfonamides is 1. The standard InChI is InChI=1S/C18H17N3O4S/c19-26(24,25)11-13-7-5-12(6-8-13)10-20-18(23)15-9-17(22)21-16-4-2-1-3-14(15)16/h1-9H,10-11H2,(H,20,23)(H,21,22)(H2,19,24,25). The van der Waals surface area contributed by atoms with Crippen molar-refractivity contribution in [2.45, 2.75) is 12.3 Å². The maximum absolute atomic E-state index is 12.5. The Labute approximate surface area is 149 Å². The number of para-hydroxylation sites is 1. The zero-order valence-corrected chi connectivity index (χ0v) is 14.5. The van der Waals surface area contributed by atoms with Gasteiger partial charge in [-0.3, -0.25) is 9.59 Å². The van der Waals surface area contributed by atoms with E-state index in [4.69, 9.17) is 5.14 Å². The molecule has 26 heavy (non-hydrogen) atoms. The van der Waals surface area contributed by atoms with Gasteiger partial charge in [0.15, 0.2) is 0 Å². The molecular weight excluding hydrogens is 354 g/mol. The zero-order valence-electron chi connectivity index (χ0n) is 13.7. The number of hydrogen-bond acceptors (Lipinski definition) is 4. The van der Waals surface area contributed by atoms with E-state index in [9.17, 15) is 18.0 Å². The molecule has 0 saturated carbocycles. The van der Waals surface area contributed by atoms with Crippen LogP contribution in [-0.4, -0.2) is 19.3 Å². The third kappa shape index (κ3) is 4.35. The van der Waals surface area contributed by atoms with E-state index in [1.165, 1.54) is 6.07 Å². The van der Waals surface area contributed by atoms with E-state index >= 15 is 0 Å². The third-order valence-electron chi connectivity index (χ3n) is 3.84. The van der Waals surface area contributed by atoms with Crippen molar-refractivity contribution in [2.75, 3.05) is 0 Å². The summed E-state index contributed by atoms with van der Waals surface area (Å²) >= 11 is 0. The highest BCUT2D eigenvalue weighted by atomic mass is 32.2. The van der Waals surface area contributed by atoms with E-state index in [1.54, 1.807) is 48.5 Å². The Balaban J connectivity index is 1.74. The highest BCUT2D eigenvalue weighted by Crippen LogP contribution is 2.14. The number of H-pyrrole nitrogens is 1. The first-order valence-corrected chi connectivity index (χ1v) is 9.52. The smallest absolute Gasteiger partial charge is 0.252 e. The number of nitrogens with one attached hydrogen (secondary N) is 2. The third-order valence-corrected chi connectivity index (χ3v) is 4.57. The maximum atomic E-state index is 12.5. The molecule has 1 aromatic heterocycles. The Morgan fingerprint density at radius 3 is 2.38 bits per heavy atom. The van der Waals surface area contributed by atoms with Gasteiger partial charge in [0.25, 0.3) is 5.91 Å². The molecule has 0 saturated heterocycles. The van der Waals surface area contributed by atoms with Crippen LogP contribution in [0.25, 0.3) is 10.9 Å². The number of aromatic amines is 1. The molecule has 4 N–H and O–H groups in total. The molecule has 1 heterocycles. The van der Waals surface area contributed by atoms with Crippen LogP contribution < -0.4 is 16.0 Å². The molecule has 7 nitrogen and oxygen atoms in total. The van der Waals surface area contributed by atoms with Gasteiger partial charge in [0, 0.05) is 23.5 Å². The lowest BCUT2D eigenvalue weighted by Crippen LogP contribution is -2.24. The minimum atomic E-state index is -3.58. The molecule has 0 unspecified atom stereocenters. The first kappa shape index (κ1) is 17.8. The van der Waals surface area contributed by atoms with Crippen LogP contribution in [-0.2, 0) is 22.3 Å². The molecular formula is C18H17N3O4S. The number of carbonyl (C=O) groups excluding carboxylic acids is 1. The Kier molecular flexibility index (Phi) is 4.88. The normalized spacial score (nSPS) is 11.4. The Bertz CT molecular complexity index is 1120. The Hall–Kier alpha value is -2.97. The minimum absolute atomic E-state index is 0.238. The maximum Gasteiger partial charge on any atom is 0.252 e. The fraction of sp³-hybridized carbons (Fsp3) is 0.111. The molecule has 0 radical (unpaired) electrons. The Morgan fingerprint density at radius 2 is 1.69 bits per heavy atom. The molecule has 0 bridgehead atoms. The number of primary sulfonamides is 1. The summed E-state index contributed by atoms with van der Waals surface area (Å²) in [5.41, 5.74) is 1.92. The highest BCUT2D eigenvalue weighted by molar-refractivity contribution is 7.88. The average molecular weight is 371 g/mol. The van der Waals surface area contributed by atoms with E-state index in [-0.39, 0.29) is 23.8 Å². The molecule has 8 heteroatoms. The number of fused-ring (bicyclic) bond motifs is 1. The first-order chi connectivity index (χ1) is 12.3. The quantitative estimate of drug-likeness (QED) is 0.624. The lowest BCUT2D eigenvalue weighted by atomic mass is 10.1. The second-order valence-electron chi connectivity index (χ2n) is 5.90. The fourth-order valence-corrected chi connectivity index (χ4v) is 3.31. The van der Waals surface area contributed by atoms with Gasteiger partial charge in [-0.1, -0.05) is 42.5 Å². The van der Waals surface area contributed by atoms with Crippen molar-refractivity contribution in [3.05, 3.63) is 81.6 Å². The van der Waals surface area contributed by atoms with Crippen LogP contribution in [0, 0.1) is 0 Å². The van der Waals surface area contributed by atoms with Crippen molar-refractivity contribution in [2.24, 2.45) is 5.14 Å². The van der Waals surface area contributed by atoms with E-state index in [0.717, 1.165) is 5.56 Å². The second-order valence-corrected chi connectivity index (χ2v) is 7.51. The number of hydrogen-bond donors (Lipinski definition) is 3. The number of rotatable bonds is 5. The summed E-state index contributed by atoms with van der Waals surface area (Å²) in [5, 5.41) is 8.44. The molecule has 0 atom stereocenters. The van der Waals surface area contributed by atoms with E-state index in [0.29, 0.717) is 22.0 Å². The summed E-state index contributed by atoms with van der Waals surface area (Å²) in [5.74, 6) is -0.598. The summed E-state index contributed by atoms with van der Waals surface area (Å²) in [6.07, 6.45) is 0. The van der Waals surface area contributed by atoms with Gasteiger partial charge in [0.2, 0.25) is 15.6 Å². The number of pyridine rings is 1. The van der Waals surface area contributed by atoms with Crippen molar-refractivity contribution >= 4 is 26.8 Å². The first-order valence-electron chi connectivity index (χ1n) is 7.80. The molecule has 0 fully saturated rings. The van der Waals surface area contributed by atoms with Crippen molar-refractivity contribution in [3.63, 3.8) is 0 Å². The SMILES string of the molecule is NS(=O)(=O)Cc1ccc(CNC(=O)c2cc(=O)[nH]c3ccccc23)cc1. The summed E-state index contributed by atoms with van der Waals surface area (Å²) in [6, 6.07) is 15.1. The fourth-order valence-electron chi connectivity index (χ4n) is 2.66. The largest absolute Gasteiger partial charge is 0.348 e. The van der Waals surface area contributed by atoms with Gasteiger partial charge >= 0.3 is 0 Å². The van der Waals surface area contributed by atoms with Crippen molar-refractivity contribution < 1.29 is 13.2 Å². The molecule has 3 rings (SSSR count). The summed E-state index contributed by atoms with van der Waals surface area (Å²) < 4.78 is 22.2. The van der Waals surface area contributed by atoms with Gasteiger partial charge in [0.1, 0.15) is 0 Å². The van der Waals surface area contributed by atoms with Crippen LogP contribution in [0.15, 0.2) is 59.4 Å². The molecule has 0 aliphatic carbocycles. The zero-order chi connectivity index (χ0) is 18.7. The molecule has 0 aliphatic rings. The number of aromatic nitrogens is 1. The van der Waals surface area contributed by atoms with Crippen LogP contribution in [0.2, 0.25) is 0 Å². The predicted octanol–water partition coefficient (Wildman–Crippen LogP) is 1.25. The van der Waals surface area contributed by atoms with E-state index < -0.39 is 10.0 Å². The summed E-state index contributed by atoms with van der Waals surface area (Å²) in [6.45, 7) is 0.246. The number of benzene rings is 2. The van der Waals surface area contributed by atoms with Crippen LogP contribution in [0.1, 0.15) is 21.5 Å². The molecule has 134 valence electrons. The second kappa shape index (κ2) is 7.11.